The number of alkyl halides is 3. The average molecular weight is 300 g/mol. The normalized spacial score (nSPS) is 15.0. The number of anilines is 1. The van der Waals surface area contributed by atoms with Gasteiger partial charge in [-0.15, -0.1) is 0 Å². The Balaban J connectivity index is 2.00. The molecule has 0 spiro atoms. The van der Waals surface area contributed by atoms with E-state index in [0.29, 0.717) is 0 Å². The Morgan fingerprint density at radius 1 is 1.29 bits per heavy atom. The van der Waals surface area contributed by atoms with E-state index in [1.807, 2.05) is 0 Å². The van der Waals surface area contributed by atoms with Gasteiger partial charge in [0, 0.05) is 12.1 Å². The van der Waals surface area contributed by atoms with Crippen LogP contribution in [0.1, 0.15) is 12.0 Å². The quantitative estimate of drug-likeness (QED) is 0.737. The Hall–Kier alpha value is -2.58. The fourth-order valence-electron chi connectivity index (χ4n) is 1.62. The summed E-state index contributed by atoms with van der Waals surface area (Å²) in [6, 6.07) is 3.40. The average Bonchev–Trinajstić information content (AvgIpc) is 2.37. The van der Waals surface area contributed by atoms with Gasteiger partial charge < -0.3 is 5.32 Å². The largest absolute Gasteiger partial charge is 0.416 e. The van der Waals surface area contributed by atoms with Gasteiger partial charge in [0.1, 0.15) is 0 Å². The first-order valence-corrected chi connectivity index (χ1v) is 5.94. The Morgan fingerprint density at radius 3 is 2.71 bits per heavy atom. The molecule has 0 aromatic heterocycles. The fourth-order valence-corrected chi connectivity index (χ4v) is 1.62. The topological polar surface area (TPSA) is 82.6 Å². The van der Waals surface area contributed by atoms with E-state index < -0.39 is 17.8 Å². The van der Waals surface area contributed by atoms with Crippen LogP contribution in [0.2, 0.25) is 0 Å². The number of urea groups is 1. The highest BCUT2D eigenvalue weighted by atomic mass is 19.4. The maximum absolute atomic E-state index is 12.5. The van der Waals surface area contributed by atoms with Gasteiger partial charge in [-0.3, -0.25) is 20.4 Å². The molecule has 6 nitrogen and oxygen atoms in total. The van der Waals surface area contributed by atoms with Gasteiger partial charge in [-0.05, 0) is 18.2 Å². The van der Waals surface area contributed by atoms with Crippen molar-refractivity contribution in [3.05, 3.63) is 29.8 Å². The lowest BCUT2D eigenvalue weighted by Gasteiger charge is -2.15. The second kappa shape index (κ2) is 5.81. The summed E-state index contributed by atoms with van der Waals surface area (Å²) in [6.45, 7) is 0.241. The molecule has 3 amide bonds. The number of guanidine groups is 1. The molecule has 112 valence electrons. The molecule has 0 saturated heterocycles. The van der Waals surface area contributed by atoms with Crippen LogP contribution in [0.15, 0.2) is 29.3 Å². The fraction of sp³-hybridized carbons (Fsp3) is 0.250. The minimum atomic E-state index is -4.49. The van der Waals surface area contributed by atoms with E-state index >= 15 is 0 Å². The second-order valence-corrected chi connectivity index (χ2v) is 4.19. The van der Waals surface area contributed by atoms with E-state index in [9.17, 15) is 22.8 Å². The zero-order valence-corrected chi connectivity index (χ0v) is 10.6. The molecule has 0 radical (unpaired) electrons. The van der Waals surface area contributed by atoms with Crippen molar-refractivity contribution in [2.24, 2.45) is 4.99 Å². The molecular formula is C12H11F3N4O2. The molecule has 0 saturated carbocycles. The predicted octanol–water partition coefficient (Wildman–Crippen LogP) is 1.70. The Labute approximate surface area is 117 Å². The number of nitrogens with zero attached hydrogens (tertiary/aromatic N) is 1. The summed E-state index contributed by atoms with van der Waals surface area (Å²) in [5, 5.41) is 6.80. The minimum absolute atomic E-state index is 0.0231. The summed E-state index contributed by atoms with van der Waals surface area (Å²) < 4.78 is 37.6. The standard InChI is InChI=1S/C12H11F3N4O2/c13-12(14,15)7-2-1-3-8(6-7)17-11(21)19-10-16-5-4-9(20)18-10/h1-3,6H,4-5H2,(H3,16,17,18,19,20,21). The molecule has 1 aliphatic heterocycles. The summed E-state index contributed by atoms with van der Waals surface area (Å²) in [4.78, 5) is 26.5. The van der Waals surface area contributed by atoms with Crippen molar-refractivity contribution >= 4 is 23.6 Å². The maximum atomic E-state index is 12.5. The van der Waals surface area contributed by atoms with Gasteiger partial charge in [-0.25, -0.2) is 4.79 Å². The number of rotatable bonds is 1. The van der Waals surface area contributed by atoms with Gasteiger partial charge in [0.25, 0.3) is 0 Å². The molecule has 21 heavy (non-hydrogen) atoms. The monoisotopic (exact) mass is 300 g/mol. The lowest BCUT2D eigenvalue weighted by atomic mass is 10.2. The van der Waals surface area contributed by atoms with Crippen molar-refractivity contribution in [2.75, 3.05) is 11.9 Å². The number of benzene rings is 1. The molecule has 0 bridgehead atoms. The van der Waals surface area contributed by atoms with Crippen LogP contribution in [0.5, 0.6) is 0 Å². The van der Waals surface area contributed by atoms with Crippen molar-refractivity contribution in [3.8, 4) is 0 Å². The molecule has 9 heteroatoms. The number of carbonyl (C=O) groups excluding carboxylic acids is 2. The lowest BCUT2D eigenvalue weighted by Crippen LogP contribution is -2.47. The molecule has 1 aromatic rings. The highest BCUT2D eigenvalue weighted by Crippen LogP contribution is 2.30. The van der Waals surface area contributed by atoms with Crippen molar-refractivity contribution in [1.82, 2.24) is 10.6 Å². The third-order valence-electron chi connectivity index (χ3n) is 2.55. The van der Waals surface area contributed by atoms with Crippen LogP contribution in [-0.4, -0.2) is 24.4 Å². The number of hydrogen-bond donors (Lipinski definition) is 3. The van der Waals surface area contributed by atoms with Gasteiger partial charge in [-0.1, -0.05) is 6.07 Å². The van der Waals surface area contributed by atoms with Gasteiger partial charge in [-0.2, -0.15) is 13.2 Å². The number of hydrogen-bond acceptors (Lipinski definition) is 3. The van der Waals surface area contributed by atoms with Gasteiger partial charge in [0.2, 0.25) is 11.9 Å². The van der Waals surface area contributed by atoms with Gasteiger partial charge >= 0.3 is 12.2 Å². The van der Waals surface area contributed by atoms with E-state index in [1.54, 1.807) is 0 Å². The molecule has 1 heterocycles. The number of nitrogens with one attached hydrogen (secondary N) is 3. The summed E-state index contributed by atoms with van der Waals surface area (Å²) in [7, 11) is 0. The van der Waals surface area contributed by atoms with Crippen LogP contribution in [-0.2, 0) is 11.0 Å². The summed E-state index contributed by atoms with van der Waals surface area (Å²) >= 11 is 0. The van der Waals surface area contributed by atoms with E-state index in [2.05, 4.69) is 20.9 Å². The van der Waals surface area contributed by atoms with Gasteiger partial charge in [0.15, 0.2) is 0 Å². The maximum Gasteiger partial charge on any atom is 0.416 e. The second-order valence-electron chi connectivity index (χ2n) is 4.19. The van der Waals surface area contributed by atoms with Crippen LogP contribution in [0.25, 0.3) is 0 Å². The number of amides is 3. The van der Waals surface area contributed by atoms with Gasteiger partial charge in [0.05, 0.1) is 12.1 Å². The van der Waals surface area contributed by atoms with Crippen molar-refractivity contribution in [1.29, 1.82) is 0 Å². The highest BCUT2D eigenvalue weighted by molar-refractivity contribution is 6.08. The zero-order valence-electron chi connectivity index (χ0n) is 10.6. The molecule has 0 atom stereocenters. The van der Waals surface area contributed by atoms with Crippen LogP contribution < -0.4 is 16.0 Å². The summed E-state index contributed by atoms with van der Waals surface area (Å²) in [6.07, 6.45) is -4.27. The van der Waals surface area contributed by atoms with E-state index in [0.717, 1.165) is 12.1 Å². The van der Waals surface area contributed by atoms with Crippen molar-refractivity contribution < 1.29 is 22.8 Å². The molecule has 0 unspecified atom stereocenters. The number of halogens is 3. The number of aliphatic imine (C=N–C) groups is 1. The summed E-state index contributed by atoms with van der Waals surface area (Å²) in [5.41, 5.74) is -0.895. The van der Waals surface area contributed by atoms with Crippen molar-refractivity contribution in [2.45, 2.75) is 12.6 Å². The van der Waals surface area contributed by atoms with Crippen molar-refractivity contribution in [3.63, 3.8) is 0 Å². The Bertz CT molecular complexity index is 598. The molecule has 1 aliphatic rings. The molecule has 0 aliphatic carbocycles. The molecule has 3 N–H and O–H groups in total. The molecule has 1 aromatic carbocycles. The third kappa shape index (κ3) is 4.20. The van der Waals surface area contributed by atoms with Crippen LogP contribution in [0.3, 0.4) is 0 Å². The number of carbonyl (C=O) groups is 2. The van der Waals surface area contributed by atoms with E-state index in [1.165, 1.54) is 12.1 Å². The molecular weight excluding hydrogens is 289 g/mol. The first-order chi connectivity index (χ1) is 9.84. The third-order valence-corrected chi connectivity index (χ3v) is 2.55. The molecule has 0 fully saturated rings. The lowest BCUT2D eigenvalue weighted by molar-refractivity contribution is -0.137. The SMILES string of the molecule is O=C1CCN=C(NC(=O)Nc2cccc(C(F)(F)F)c2)N1. The minimum Gasteiger partial charge on any atom is -0.308 e. The Kier molecular flexibility index (Phi) is 4.10. The zero-order chi connectivity index (χ0) is 15.5. The first-order valence-electron chi connectivity index (χ1n) is 5.94. The van der Waals surface area contributed by atoms with Crippen LogP contribution in [0, 0.1) is 0 Å². The smallest absolute Gasteiger partial charge is 0.308 e. The van der Waals surface area contributed by atoms with E-state index in [-0.39, 0.29) is 30.5 Å². The molecule has 2 rings (SSSR count). The van der Waals surface area contributed by atoms with E-state index in [4.69, 9.17) is 0 Å². The van der Waals surface area contributed by atoms with Crippen LogP contribution >= 0.6 is 0 Å². The highest BCUT2D eigenvalue weighted by Gasteiger charge is 2.30. The Morgan fingerprint density at radius 2 is 2.05 bits per heavy atom. The first kappa shape index (κ1) is 14.8. The summed E-state index contributed by atoms with van der Waals surface area (Å²) in [5.74, 6) is -0.324. The predicted molar refractivity (Wildman–Crippen MR) is 68.7 cm³/mol. The van der Waals surface area contributed by atoms with Crippen LogP contribution in [0.4, 0.5) is 23.7 Å².